The Morgan fingerprint density at radius 3 is 2.65 bits per heavy atom. The van der Waals surface area contributed by atoms with Gasteiger partial charge < -0.3 is 13.9 Å². The van der Waals surface area contributed by atoms with Crippen molar-refractivity contribution in [2.24, 2.45) is 0 Å². The lowest BCUT2D eigenvalue weighted by Crippen LogP contribution is -1.94. The number of benzene rings is 2. The smallest absolute Gasteiger partial charge is 0.186 e. The highest BCUT2D eigenvalue weighted by Crippen LogP contribution is 2.29. The average molecular weight is 308 g/mol. The third kappa shape index (κ3) is 3.11. The van der Waals surface area contributed by atoms with Gasteiger partial charge >= 0.3 is 0 Å². The summed E-state index contributed by atoms with van der Waals surface area (Å²) in [4.78, 5) is 12.2. The molecule has 23 heavy (non-hydrogen) atoms. The molecule has 116 valence electrons. The molecule has 0 aliphatic heterocycles. The van der Waals surface area contributed by atoms with Crippen LogP contribution in [-0.4, -0.2) is 20.0 Å². The van der Waals surface area contributed by atoms with Gasteiger partial charge in [0.05, 0.1) is 14.2 Å². The third-order valence-corrected chi connectivity index (χ3v) is 3.50. The Hall–Kier alpha value is -3.01. The highest BCUT2D eigenvalue weighted by atomic mass is 16.5. The summed E-state index contributed by atoms with van der Waals surface area (Å²) >= 11 is 0. The molecule has 0 aliphatic carbocycles. The largest absolute Gasteiger partial charge is 0.497 e. The van der Waals surface area contributed by atoms with E-state index in [0.29, 0.717) is 28.4 Å². The Bertz CT molecular complexity index is 874. The Morgan fingerprint density at radius 2 is 1.87 bits per heavy atom. The number of rotatable bonds is 5. The lowest BCUT2D eigenvalue weighted by molar-refractivity contribution is 0.104. The van der Waals surface area contributed by atoms with Crippen molar-refractivity contribution in [3.05, 3.63) is 65.9 Å². The van der Waals surface area contributed by atoms with Gasteiger partial charge in [0.25, 0.3) is 0 Å². The van der Waals surface area contributed by atoms with Crippen LogP contribution in [-0.2, 0) is 0 Å². The molecule has 0 saturated heterocycles. The highest BCUT2D eigenvalue weighted by Gasteiger charge is 2.08. The molecule has 0 N–H and O–H groups in total. The third-order valence-electron chi connectivity index (χ3n) is 3.50. The van der Waals surface area contributed by atoms with Crippen molar-refractivity contribution in [2.45, 2.75) is 0 Å². The molecule has 1 heterocycles. The van der Waals surface area contributed by atoms with E-state index in [1.807, 2.05) is 24.3 Å². The van der Waals surface area contributed by atoms with Crippen LogP contribution < -0.4 is 9.47 Å². The lowest BCUT2D eigenvalue weighted by atomic mass is 10.1. The molecule has 0 radical (unpaired) electrons. The van der Waals surface area contributed by atoms with Crippen molar-refractivity contribution in [1.82, 2.24) is 0 Å². The average Bonchev–Trinajstić information content (AvgIpc) is 3.02. The summed E-state index contributed by atoms with van der Waals surface area (Å²) in [5.74, 6) is 1.80. The minimum atomic E-state index is -0.115. The first-order chi connectivity index (χ1) is 11.2. The van der Waals surface area contributed by atoms with E-state index in [4.69, 9.17) is 13.9 Å². The van der Waals surface area contributed by atoms with Gasteiger partial charge in [-0.2, -0.15) is 0 Å². The number of carbonyl (C=O) groups excluding carboxylic acids is 1. The molecular weight excluding hydrogens is 292 g/mol. The van der Waals surface area contributed by atoms with E-state index >= 15 is 0 Å². The van der Waals surface area contributed by atoms with Gasteiger partial charge in [-0.3, -0.25) is 4.79 Å². The van der Waals surface area contributed by atoms with Crippen molar-refractivity contribution in [3.63, 3.8) is 0 Å². The molecule has 3 aromatic rings. The molecule has 0 unspecified atom stereocenters. The molecular formula is C19H16O4. The zero-order valence-electron chi connectivity index (χ0n) is 12.9. The summed E-state index contributed by atoms with van der Waals surface area (Å²) in [6.07, 6.45) is 3.14. The van der Waals surface area contributed by atoms with E-state index < -0.39 is 0 Å². The Balaban J connectivity index is 1.86. The van der Waals surface area contributed by atoms with E-state index in [1.165, 1.54) is 6.08 Å². The minimum absolute atomic E-state index is 0.115. The number of fused-ring (bicyclic) bond motifs is 1. The summed E-state index contributed by atoms with van der Waals surface area (Å²) in [5, 5.41) is 0.929. The fourth-order valence-electron chi connectivity index (χ4n) is 2.33. The van der Waals surface area contributed by atoms with Gasteiger partial charge in [0.15, 0.2) is 17.1 Å². The molecule has 1 aromatic heterocycles. The number of methoxy groups -OCH3 is 2. The van der Waals surface area contributed by atoms with Gasteiger partial charge in [-0.1, -0.05) is 24.3 Å². The van der Waals surface area contributed by atoms with E-state index in [9.17, 15) is 4.79 Å². The van der Waals surface area contributed by atoms with Gasteiger partial charge in [0.2, 0.25) is 0 Å². The van der Waals surface area contributed by atoms with Crippen LogP contribution in [0.2, 0.25) is 0 Å². The first kappa shape index (κ1) is 14.9. The fourth-order valence-corrected chi connectivity index (χ4v) is 2.33. The predicted octanol–water partition coefficient (Wildman–Crippen LogP) is 4.35. The van der Waals surface area contributed by atoms with Crippen molar-refractivity contribution in [3.8, 4) is 11.5 Å². The van der Waals surface area contributed by atoms with Crippen molar-refractivity contribution < 1.29 is 18.7 Å². The molecule has 4 heteroatoms. The number of para-hydroxylation sites is 1. The number of carbonyl (C=O) groups is 1. The second-order valence-electron chi connectivity index (χ2n) is 4.96. The maximum atomic E-state index is 12.2. The number of allylic oxidation sites excluding steroid dienone is 1. The van der Waals surface area contributed by atoms with Crippen LogP contribution in [0.25, 0.3) is 17.0 Å². The highest BCUT2D eigenvalue weighted by molar-refractivity contribution is 6.07. The zero-order valence-corrected chi connectivity index (χ0v) is 12.9. The molecule has 2 aromatic carbocycles. The number of furan rings is 1. The Kier molecular flexibility index (Phi) is 4.15. The van der Waals surface area contributed by atoms with Crippen LogP contribution in [0.5, 0.6) is 11.5 Å². The van der Waals surface area contributed by atoms with Crippen LogP contribution in [0.1, 0.15) is 16.1 Å². The number of ether oxygens (including phenoxy) is 2. The van der Waals surface area contributed by atoms with Crippen molar-refractivity contribution >= 4 is 22.8 Å². The number of hydrogen-bond acceptors (Lipinski definition) is 4. The molecule has 3 rings (SSSR count). The second-order valence-corrected chi connectivity index (χ2v) is 4.96. The van der Waals surface area contributed by atoms with Gasteiger partial charge in [-0.25, -0.2) is 0 Å². The van der Waals surface area contributed by atoms with Crippen LogP contribution >= 0.6 is 0 Å². The predicted molar refractivity (Wildman–Crippen MR) is 89.1 cm³/mol. The van der Waals surface area contributed by atoms with Gasteiger partial charge in [-0.15, -0.1) is 0 Å². The number of ketones is 1. The summed E-state index contributed by atoms with van der Waals surface area (Å²) in [7, 11) is 3.17. The SMILES string of the molecule is COc1cccc(C(=O)/C=C/c2cc3cccc(OC)c3o2)c1. The van der Waals surface area contributed by atoms with E-state index in [2.05, 4.69) is 0 Å². The Labute approximate surface area is 133 Å². The summed E-state index contributed by atoms with van der Waals surface area (Å²) in [6, 6.07) is 14.6. The molecule has 0 atom stereocenters. The first-order valence-corrected chi connectivity index (χ1v) is 7.14. The van der Waals surface area contributed by atoms with Crippen LogP contribution in [0.3, 0.4) is 0 Å². The van der Waals surface area contributed by atoms with Crippen molar-refractivity contribution in [2.75, 3.05) is 14.2 Å². The molecule has 4 nitrogen and oxygen atoms in total. The van der Waals surface area contributed by atoms with Crippen LogP contribution in [0.15, 0.2) is 59.0 Å². The quantitative estimate of drug-likeness (QED) is 0.519. The molecule has 0 aliphatic rings. The molecule has 0 fully saturated rings. The van der Waals surface area contributed by atoms with Crippen molar-refractivity contribution in [1.29, 1.82) is 0 Å². The maximum absolute atomic E-state index is 12.2. The molecule has 0 bridgehead atoms. The summed E-state index contributed by atoms with van der Waals surface area (Å²) in [6.45, 7) is 0. The molecule has 0 spiro atoms. The summed E-state index contributed by atoms with van der Waals surface area (Å²) < 4.78 is 16.1. The first-order valence-electron chi connectivity index (χ1n) is 7.14. The standard InChI is InChI=1S/C19H16O4/c1-21-15-7-3-5-13(11-15)17(20)10-9-16-12-14-6-4-8-18(22-2)19(14)23-16/h3-12H,1-2H3/b10-9+. The zero-order chi connectivity index (χ0) is 16.2. The van der Waals surface area contributed by atoms with Crippen LogP contribution in [0.4, 0.5) is 0 Å². The Morgan fingerprint density at radius 1 is 1.04 bits per heavy atom. The number of hydrogen-bond donors (Lipinski definition) is 0. The lowest BCUT2D eigenvalue weighted by Gasteiger charge is -2.00. The maximum Gasteiger partial charge on any atom is 0.186 e. The topological polar surface area (TPSA) is 48.7 Å². The molecule has 0 saturated carbocycles. The fraction of sp³-hybridized carbons (Fsp3) is 0.105. The monoisotopic (exact) mass is 308 g/mol. The van der Waals surface area contributed by atoms with Gasteiger partial charge in [0.1, 0.15) is 11.5 Å². The van der Waals surface area contributed by atoms with E-state index in [1.54, 1.807) is 44.6 Å². The minimum Gasteiger partial charge on any atom is -0.497 e. The summed E-state index contributed by atoms with van der Waals surface area (Å²) in [5.41, 5.74) is 1.23. The van der Waals surface area contributed by atoms with E-state index in [-0.39, 0.29) is 5.78 Å². The van der Waals surface area contributed by atoms with E-state index in [0.717, 1.165) is 5.39 Å². The normalized spacial score (nSPS) is 11.0. The van der Waals surface area contributed by atoms with Gasteiger partial charge in [0, 0.05) is 10.9 Å². The van der Waals surface area contributed by atoms with Gasteiger partial charge in [-0.05, 0) is 36.4 Å². The second kappa shape index (κ2) is 6.40. The molecule has 0 amide bonds. The van der Waals surface area contributed by atoms with Crippen LogP contribution in [0, 0.1) is 0 Å².